The summed E-state index contributed by atoms with van der Waals surface area (Å²) in [6.45, 7) is 0.495. The molecule has 6 nitrogen and oxygen atoms in total. The number of nitrogens with zero attached hydrogens (tertiary/aromatic N) is 1. The molecule has 25 heavy (non-hydrogen) atoms. The van der Waals surface area contributed by atoms with E-state index < -0.39 is 0 Å². The molecule has 134 valence electrons. The van der Waals surface area contributed by atoms with E-state index in [9.17, 15) is 4.79 Å². The van der Waals surface area contributed by atoms with Crippen LogP contribution < -0.4 is 24.4 Å². The first-order chi connectivity index (χ1) is 12.1. The lowest BCUT2D eigenvalue weighted by Gasteiger charge is -2.18. The Morgan fingerprint density at radius 2 is 1.60 bits per heavy atom. The first-order valence-electron chi connectivity index (χ1n) is 7.96. The molecule has 0 aliphatic heterocycles. The zero-order chi connectivity index (χ0) is 18.2. The first-order valence-corrected chi connectivity index (χ1v) is 7.96. The fraction of sp³-hybridized carbons (Fsp3) is 0.316. The average molecular weight is 344 g/mol. The van der Waals surface area contributed by atoms with Crippen molar-refractivity contribution < 1.29 is 19.0 Å². The SMILES string of the molecule is COc1cc(NCCC(=O)N(C)c2ccccc2)cc(OC)c1OC. The number of carbonyl (C=O) groups is 1. The highest BCUT2D eigenvalue weighted by Crippen LogP contribution is 2.39. The number of hydrogen-bond acceptors (Lipinski definition) is 5. The van der Waals surface area contributed by atoms with E-state index >= 15 is 0 Å². The molecule has 0 fully saturated rings. The molecule has 0 aromatic heterocycles. The summed E-state index contributed by atoms with van der Waals surface area (Å²) in [7, 11) is 6.47. The van der Waals surface area contributed by atoms with Gasteiger partial charge in [-0.3, -0.25) is 4.79 Å². The van der Waals surface area contributed by atoms with Crippen molar-refractivity contribution in [2.75, 3.05) is 45.1 Å². The topological polar surface area (TPSA) is 60.0 Å². The number of hydrogen-bond donors (Lipinski definition) is 1. The van der Waals surface area contributed by atoms with Crippen LogP contribution in [0.25, 0.3) is 0 Å². The maximum absolute atomic E-state index is 12.3. The minimum atomic E-state index is 0.0335. The number of nitrogens with one attached hydrogen (secondary N) is 1. The third-order valence-electron chi connectivity index (χ3n) is 3.85. The Balaban J connectivity index is 1.98. The Morgan fingerprint density at radius 1 is 1.00 bits per heavy atom. The number of rotatable bonds is 8. The summed E-state index contributed by atoms with van der Waals surface area (Å²) >= 11 is 0. The highest BCUT2D eigenvalue weighted by molar-refractivity contribution is 5.93. The van der Waals surface area contributed by atoms with Crippen LogP contribution in [0.3, 0.4) is 0 Å². The number of para-hydroxylation sites is 1. The fourth-order valence-corrected chi connectivity index (χ4v) is 2.46. The van der Waals surface area contributed by atoms with Crippen LogP contribution in [0.15, 0.2) is 42.5 Å². The Bertz CT molecular complexity index is 679. The van der Waals surface area contributed by atoms with Gasteiger partial charge < -0.3 is 24.4 Å². The van der Waals surface area contributed by atoms with E-state index in [1.807, 2.05) is 42.5 Å². The van der Waals surface area contributed by atoms with E-state index in [-0.39, 0.29) is 5.91 Å². The summed E-state index contributed by atoms with van der Waals surface area (Å²) in [5.41, 5.74) is 1.67. The third-order valence-corrected chi connectivity index (χ3v) is 3.85. The number of amides is 1. The predicted octanol–water partition coefficient (Wildman–Crippen LogP) is 3.18. The summed E-state index contributed by atoms with van der Waals surface area (Å²) in [6, 6.07) is 13.2. The molecule has 2 rings (SSSR count). The van der Waals surface area contributed by atoms with Crippen molar-refractivity contribution in [2.24, 2.45) is 0 Å². The van der Waals surface area contributed by atoms with Gasteiger partial charge in [-0.25, -0.2) is 0 Å². The summed E-state index contributed by atoms with van der Waals surface area (Å²) in [6.07, 6.45) is 0.363. The van der Waals surface area contributed by atoms with Crippen molar-refractivity contribution in [2.45, 2.75) is 6.42 Å². The lowest BCUT2D eigenvalue weighted by Crippen LogP contribution is -2.27. The van der Waals surface area contributed by atoms with Gasteiger partial charge in [-0.15, -0.1) is 0 Å². The molecular weight excluding hydrogens is 320 g/mol. The molecular formula is C19H24N2O4. The zero-order valence-corrected chi connectivity index (χ0v) is 15.0. The Hall–Kier alpha value is -2.89. The molecule has 0 saturated heterocycles. The smallest absolute Gasteiger partial charge is 0.228 e. The van der Waals surface area contributed by atoms with Gasteiger partial charge in [0, 0.05) is 43.5 Å². The van der Waals surface area contributed by atoms with Crippen LogP contribution in [-0.4, -0.2) is 40.8 Å². The van der Waals surface area contributed by atoms with Gasteiger partial charge >= 0.3 is 0 Å². The lowest BCUT2D eigenvalue weighted by atomic mass is 10.2. The average Bonchev–Trinajstić information content (AvgIpc) is 2.66. The van der Waals surface area contributed by atoms with Gasteiger partial charge in [0.2, 0.25) is 11.7 Å². The highest BCUT2D eigenvalue weighted by atomic mass is 16.5. The second kappa shape index (κ2) is 8.82. The molecule has 0 radical (unpaired) electrons. The quantitative estimate of drug-likeness (QED) is 0.797. The van der Waals surface area contributed by atoms with E-state index in [0.29, 0.717) is 30.2 Å². The van der Waals surface area contributed by atoms with Gasteiger partial charge in [-0.2, -0.15) is 0 Å². The molecule has 6 heteroatoms. The third kappa shape index (κ3) is 4.56. The summed E-state index contributed by atoms with van der Waals surface area (Å²) in [5.74, 6) is 1.70. The molecule has 0 aliphatic rings. The summed E-state index contributed by atoms with van der Waals surface area (Å²) in [5, 5.41) is 3.22. The van der Waals surface area contributed by atoms with Crippen molar-refractivity contribution >= 4 is 17.3 Å². The molecule has 0 bridgehead atoms. The van der Waals surface area contributed by atoms with Gasteiger partial charge in [-0.05, 0) is 12.1 Å². The summed E-state index contributed by atoms with van der Waals surface area (Å²) < 4.78 is 15.9. The lowest BCUT2D eigenvalue weighted by molar-refractivity contribution is -0.118. The number of ether oxygens (including phenoxy) is 3. The molecule has 0 heterocycles. The van der Waals surface area contributed by atoms with Gasteiger partial charge in [0.25, 0.3) is 0 Å². The van der Waals surface area contributed by atoms with E-state index in [1.54, 1.807) is 33.3 Å². The minimum Gasteiger partial charge on any atom is -0.493 e. The molecule has 0 spiro atoms. The summed E-state index contributed by atoms with van der Waals surface area (Å²) in [4.78, 5) is 13.9. The van der Waals surface area contributed by atoms with E-state index in [1.165, 1.54) is 0 Å². The minimum absolute atomic E-state index is 0.0335. The molecule has 2 aromatic rings. The van der Waals surface area contributed by atoms with Crippen molar-refractivity contribution in [3.05, 3.63) is 42.5 Å². The number of carbonyl (C=O) groups excluding carboxylic acids is 1. The number of methoxy groups -OCH3 is 3. The van der Waals surface area contributed by atoms with Crippen molar-refractivity contribution in [1.29, 1.82) is 0 Å². The van der Waals surface area contributed by atoms with Gasteiger partial charge in [-0.1, -0.05) is 18.2 Å². The van der Waals surface area contributed by atoms with E-state index in [2.05, 4.69) is 5.32 Å². The van der Waals surface area contributed by atoms with Crippen molar-refractivity contribution in [3.63, 3.8) is 0 Å². The fourth-order valence-electron chi connectivity index (χ4n) is 2.46. The molecule has 0 unspecified atom stereocenters. The molecule has 0 aliphatic carbocycles. The van der Waals surface area contributed by atoms with Crippen LogP contribution in [0.1, 0.15) is 6.42 Å². The maximum atomic E-state index is 12.3. The molecule has 2 aromatic carbocycles. The Kier molecular flexibility index (Phi) is 6.51. The second-order valence-corrected chi connectivity index (χ2v) is 5.38. The van der Waals surface area contributed by atoms with Crippen LogP contribution >= 0.6 is 0 Å². The van der Waals surface area contributed by atoms with Crippen molar-refractivity contribution in [1.82, 2.24) is 0 Å². The highest BCUT2D eigenvalue weighted by Gasteiger charge is 2.14. The van der Waals surface area contributed by atoms with E-state index in [0.717, 1.165) is 11.4 Å². The Morgan fingerprint density at radius 3 is 2.12 bits per heavy atom. The second-order valence-electron chi connectivity index (χ2n) is 5.38. The number of anilines is 2. The number of benzene rings is 2. The van der Waals surface area contributed by atoms with Crippen molar-refractivity contribution in [3.8, 4) is 17.2 Å². The van der Waals surface area contributed by atoms with Crippen LogP contribution in [-0.2, 0) is 4.79 Å². The zero-order valence-electron chi connectivity index (χ0n) is 15.0. The molecule has 0 saturated carbocycles. The van der Waals surface area contributed by atoms with E-state index in [4.69, 9.17) is 14.2 Å². The van der Waals surface area contributed by atoms with Crippen LogP contribution in [0.5, 0.6) is 17.2 Å². The van der Waals surface area contributed by atoms with Gasteiger partial charge in [0.05, 0.1) is 21.3 Å². The normalized spacial score (nSPS) is 10.1. The van der Waals surface area contributed by atoms with Crippen LogP contribution in [0, 0.1) is 0 Å². The maximum Gasteiger partial charge on any atom is 0.228 e. The van der Waals surface area contributed by atoms with Gasteiger partial charge in [0.1, 0.15) is 0 Å². The molecule has 0 atom stereocenters. The Labute approximate surface area is 148 Å². The predicted molar refractivity (Wildman–Crippen MR) is 99.1 cm³/mol. The molecule has 1 N–H and O–H groups in total. The largest absolute Gasteiger partial charge is 0.493 e. The van der Waals surface area contributed by atoms with Crippen LogP contribution in [0.2, 0.25) is 0 Å². The molecule has 1 amide bonds. The first kappa shape index (κ1) is 18.4. The van der Waals surface area contributed by atoms with Crippen LogP contribution in [0.4, 0.5) is 11.4 Å². The standard InChI is InChI=1S/C19H24N2O4/c1-21(15-8-6-5-7-9-15)18(22)10-11-20-14-12-16(23-2)19(25-4)17(13-14)24-3/h5-9,12-13,20H,10-11H2,1-4H3. The monoisotopic (exact) mass is 344 g/mol. The van der Waals surface area contributed by atoms with Gasteiger partial charge in [0.15, 0.2) is 11.5 Å².